The number of likely N-dealkylation sites (tertiary alicyclic amines) is 1. The summed E-state index contributed by atoms with van der Waals surface area (Å²) in [6, 6.07) is 3.73. The van der Waals surface area contributed by atoms with Gasteiger partial charge in [0.2, 0.25) is 0 Å². The quantitative estimate of drug-likeness (QED) is 0.881. The minimum atomic E-state index is 0.0550. The Morgan fingerprint density at radius 2 is 2.33 bits per heavy atom. The van der Waals surface area contributed by atoms with E-state index in [-0.39, 0.29) is 5.43 Å². The fourth-order valence-corrected chi connectivity index (χ4v) is 2.93. The van der Waals surface area contributed by atoms with Crippen LogP contribution in [0, 0.1) is 0 Å². The number of piperidine rings is 1. The maximum absolute atomic E-state index is 11.3. The fraction of sp³-hybridized carbons (Fsp3) is 0.500. The number of aromatic nitrogens is 2. The summed E-state index contributed by atoms with van der Waals surface area (Å²) in [5.74, 6) is 0. The molecule has 1 unspecified atom stereocenters. The van der Waals surface area contributed by atoms with Gasteiger partial charge in [0.25, 0.3) is 0 Å². The molecule has 3 rings (SSSR count). The molecule has 0 saturated carbocycles. The van der Waals surface area contributed by atoms with Gasteiger partial charge in [-0.1, -0.05) is 13.3 Å². The van der Waals surface area contributed by atoms with Crippen molar-refractivity contribution >= 4 is 5.65 Å². The fourth-order valence-electron chi connectivity index (χ4n) is 2.93. The van der Waals surface area contributed by atoms with Crippen LogP contribution in [0.4, 0.5) is 0 Å². The molecule has 4 nitrogen and oxygen atoms in total. The van der Waals surface area contributed by atoms with Crippen LogP contribution in [0.15, 0.2) is 29.3 Å². The molecule has 2 aromatic heterocycles. The van der Waals surface area contributed by atoms with Crippen LogP contribution >= 0.6 is 0 Å². The molecule has 96 valence electrons. The Morgan fingerprint density at radius 1 is 1.44 bits per heavy atom. The van der Waals surface area contributed by atoms with Crippen molar-refractivity contribution in [2.75, 3.05) is 13.1 Å². The van der Waals surface area contributed by atoms with E-state index in [0.29, 0.717) is 6.04 Å². The number of pyridine rings is 1. The minimum absolute atomic E-state index is 0.0550. The van der Waals surface area contributed by atoms with Crippen molar-refractivity contribution in [1.29, 1.82) is 0 Å². The van der Waals surface area contributed by atoms with Crippen LogP contribution in [0.1, 0.15) is 37.9 Å². The minimum Gasteiger partial charge on any atom is -0.342 e. The summed E-state index contributed by atoms with van der Waals surface area (Å²) in [6.07, 6.45) is 7.73. The van der Waals surface area contributed by atoms with Gasteiger partial charge in [-0.05, 0) is 25.9 Å². The van der Waals surface area contributed by atoms with Crippen LogP contribution < -0.4 is 5.43 Å². The van der Waals surface area contributed by atoms with Crippen molar-refractivity contribution in [3.05, 3.63) is 40.4 Å². The van der Waals surface area contributed by atoms with Gasteiger partial charge in [-0.3, -0.25) is 9.69 Å². The van der Waals surface area contributed by atoms with Gasteiger partial charge in [0, 0.05) is 24.5 Å². The second-order valence-corrected chi connectivity index (χ2v) is 5.00. The zero-order valence-electron chi connectivity index (χ0n) is 10.7. The van der Waals surface area contributed by atoms with Gasteiger partial charge >= 0.3 is 0 Å². The highest BCUT2D eigenvalue weighted by Gasteiger charge is 2.23. The number of imidazole rings is 1. The van der Waals surface area contributed by atoms with E-state index in [2.05, 4.69) is 23.0 Å². The lowest BCUT2D eigenvalue weighted by Gasteiger charge is -2.34. The summed E-state index contributed by atoms with van der Waals surface area (Å²) in [4.78, 5) is 17.2. The number of hydrogen-bond donors (Lipinski definition) is 1. The second kappa shape index (κ2) is 4.61. The van der Waals surface area contributed by atoms with Gasteiger partial charge in [0.05, 0.1) is 11.7 Å². The van der Waals surface area contributed by atoms with E-state index in [1.54, 1.807) is 12.1 Å². The highest BCUT2D eigenvalue weighted by Crippen LogP contribution is 2.29. The smallest absolute Gasteiger partial charge is 0.183 e. The normalized spacial score (nSPS) is 21.5. The van der Waals surface area contributed by atoms with Crippen molar-refractivity contribution in [1.82, 2.24) is 14.3 Å². The van der Waals surface area contributed by atoms with Crippen LogP contribution in [0.5, 0.6) is 0 Å². The van der Waals surface area contributed by atoms with E-state index >= 15 is 0 Å². The Balaban J connectivity index is 1.99. The number of rotatable bonds is 2. The molecular formula is C14H19N3O. The SMILES string of the molecule is CCN1CCCCC1c1cn2ccc(=O)cc2[nH]1. The lowest BCUT2D eigenvalue weighted by atomic mass is 10.00. The summed E-state index contributed by atoms with van der Waals surface area (Å²) in [6.45, 7) is 4.47. The molecule has 4 heteroatoms. The zero-order valence-corrected chi connectivity index (χ0v) is 10.7. The Bertz CT molecular complexity index is 598. The summed E-state index contributed by atoms with van der Waals surface area (Å²) in [5.41, 5.74) is 2.17. The molecule has 2 aromatic rings. The monoisotopic (exact) mass is 245 g/mol. The molecule has 0 aliphatic carbocycles. The molecule has 0 radical (unpaired) electrons. The van der Waals surface area contributed by atoms with Crippen LogP contribution in [-0.4, -0.2) is 27.4 Å². The zero-order chi connectivity index (χ0) is 12.5. The number of H-pyrrole nitrogens is 1. The van der Waals surface area contributed by atoms with E-state index in [4.69, 9.17) is 0 Å². The van der Waals surface area contributed by atoms with E-state index < -0.39 is 0 Å². The summed E-state index contributed by atoms with van der Waals surface area (Å²) in [5, 5.41) is 0. The van der Waals surface area contributed by atoms with Gasteiger partial charge in [0.1, 0.15) is 5.65 Å². The third-order valence-electron chi connectivity index (χ3n) is 3.89. The summed E-state index contributed by atoms with van der Waals surface area (Å²) >= 11 is 0. The van der Waals surface area contributed by atoms with Crippen LogP contribution in [0.3, 0.4) is 0 Å². The maximum atomic E-state index is 11.3. The first-order valence-electron chi connectivity index (χ1n) is 6.73. The van der Waals surface area contributed by atoms with Gasteiger partial charge < -0.3 is 9.38 Å². The molecule has 0 aromatic carbocycles. The third-order valence-corrected chi connectivity index (χ3v) is 3.89. The first kappa shape index (κ1) is 11.5. The first-order chi connectivity index (χ1) is 8.78. The Kier molecular flexibility index (Phi) is 2.96. The van der Waals surface area contributed by atoms with Crippen molar-refractivity contribution in [2.45, 2.75) is 32.2 Å². The average Bonchev–Trinajstić information content (AvgIpc) is 2.81. The Morgan fingerprint density at radius 3 is 3.17 bits per heavy atom. The average molecular weight is 245 g/mol. The topological polar surface area (TPSA) is 40.5 Å². The number of fused-ring (bicyclic) bond motifs is 1. The lowest BCUT2D eigenvalue weighted by molar-refractivity contribution is 0.154. The second-order valence-electron chi connectivity index (χ2n) is 5.00. The van der Waals surface area contributed by atoms with Gasteiger partial charge in [-0.2, -0.15) is 0 Å². The molecule has 1 N–H and O–H groups in total. The number of aromatic amines is 1. The molecular weight excluding hydrogens is 226 g/mol. The molecule has 0 amide bonds. The van der Waals surface area contributed by atoms with E-state index in [9.17, 15) is 4.79 Å². The first-order valence-corrected chi connectivity index (χ1v) is 6.73. The summed E-state index contributed by atoms with van der Waals surface area (Å²) < 4.78 is 2.00. The molecule has 3 heterocycles. The highest BCUT2D eigenvalue weighted by molar-refractivity contribution is 5.40. The standard InChI is InChI=1S/C14H19N3O/c1-2-16-7-4-3-5-13(16)12-10-17-8-6-11(18)9-14(17)15-12/h6,8-10,13,15H,2-5,7H2,1H3. The number of nitrogens with one attached hydrogen (secondary N) is 1. The predicted molar refractivity (Wildman–Crippen MR) is 71.9 cm³/mol. The summed E-state index contributed by atoms with van der Waals surface area (Å²) in [7, 11) is 0. The molecule has 1 atom stereocenters. The maximum Gasteiger partial charge on any atom is 0.183 e. The molecule has 1 fully saturated rings. The van der Waals surface area contributed by atoms with E-state index in [0.717, 1.165) is 12.2 Å². The van der Waals surface area contributed by atoms with Gasteiger partial charge in [-0.25, -0.2) is 0 Å². The van der Waals surface area contributed by atoms with Crippen molar-refractivity contribution in [2.24, 2.45) is 0 Å². The molecule has 18 heavy (non-hydrogen) atoms. The molecule has 1 aliphatic rings. The van der Waals surface area contributed by atoms with Crippen molar-refractivity contribution in [3.8, 4) is 0 Å². The van der Waals surface area contributed by atoms with Crippen molar-refractivity contribution in [3.63, 3.8) is 0 Å². The number of hydrogen-bond acceptors (Lipinski definition) is 2. The van der Waals surface area contributed by atoms with Crippen molar-refractivity contribution < 1.29 is 0 Å². The molecule has 1 aliphatic heterocycles. The molecule has 0 spiro atoms. The van der Waals surface area contributed by atoms with Gasteiger partial charge in [-0.15, -0.1) is 0 Å². The van der Waals surface area contributed by atoms with Crippen LogP contribution in [-0.2, 0) is 0 Å². The lowest BCUT2D eigenvalue weighted by Crippen LogP contribution is -2.33. The molecule has 0 bridgehead atoms. The van der Waals surface area contributed by atoms with Crippen LogP contribution in [0.2, 0.25) is 0 Å². The largest absolute Gasteiger partial charge is 0.342 e. The van der Waals surface area contributed by atoms with E-state index in [1.165, 1.54) is 31.5 Å². The van der Waals surface area contributed by atoms with Crippen LogP contribution in [0.25, 0.3) is 5.65 Å². The van der Waals surface area contributed by atoms with E-state index in [1.807, 2.05) is 10.6 Å². The third kappa shape index (κ3) is 1.97. The Labute approximate surface area is 106 Å². The number of nitrogens with zero attached hydrogens (tertiary/aromatic N) is 2. The predicted octanol–water partition coefficient (Wildman–Crippen LogP) is 2.17. The van der Waals surface area contributed by atoms with Gasteiger partial charge in [0.15, 0.2) is 5.43 Å². The Hall–Kier alpha value is -1.55. The highest BCUT2D eigenvalue weighted by atomic mass is 16.1. The molecule has 1 saturated heterocycles.